The van der Waals surface area contributed by atoms with Gasteiger partial charge in [0.05, 0.1) is 40.6 Å². The Morgan fingerprint density at radius 1 is 1.03 bits per heavy atom. The molecule has 0 atom stereocenters. The Balaban J connectivity index is 1.27. The van der Waals surface area contributed by atoms with Crippen LogP contribution < -0.4 is 14.8 Å². The van der Waals surface area contributed by atoms with E-state index >= 15 is 0 Å². The van der Waals surface area contributed by atoms with Gasteiger partial charge in [-0.2, -0.15) is 0 Å². The first-order valence-corrected chi connectivity index (χ1v) is 12.4. The quantitative estimate of drug-likeness (QED) is 0.177. The number of anilines is 1. The molecule has 0 aliphatic rings. The molecule has 5 rings (SSSR count). The van der Waals surface area contributed by atoms with Crippen LogP contribution in [0.15, 0.2) is 77.5 Å². The lowest BCUT2D eigenvalue weighted by Crippen LogP contribution is -2.23. The van der Waals surface area contributed by atoms with Gasteiger partial charge in [0, 0.05) is 16.8 Å². The Kier molecular flexibility index (Phi) is 7.11. The number of carbonyl (C=O) groups excluding carboxylic acids is 1. The van der Waals surface area contributed by atoms with Crippen molar-refractivity contribution in [1.29, 1.82) is 0 Å². The summed E-state index contributed by atoms with van der Waals surface area (Å²) in [6.45, 7) is 3.84. The fourth-order valence-electron chi connectivity index (χ4n) is 4.09. The molecule has 2 aromatic heterocycles. The Morgan fingerprint density at radius 2 is 1.77 bits per heavy atom. The average Bonchev–Trinajstić information content (AvgIpc) is 3.33. The van der Waals surface area contributed by atoms with Crippen LogP contribution in [0.25, 0.3) is 27.6 Å². The second kappa shape index (κ2) is 10.7. The van der Waals surface area contributed by atoms with Gasteiger partial charge in [-0.15, -0.1) is 13.2 Å². The normalized spacial score (nSPS) is 11.8. The number of ether oxygens (including phenoxy) is 1. The number of nitrogens with zero attached hydrogens (tertiary/aromatic N) is 4. The van der Waals surface area contributed by atoms with Crippen molar-refractivity contribution < 1.29 is 22.7 Å². The first-order valence-electron chi connectivity index (χ1n) is 11.6. The van der Waals surface area contributed by atoms with E-state index in [0.717, 1.165) is 39.9 Å². The van der Waals surface area contributed by atoms with Gasteiger partial charge in [-0.3, -0.25) is 9.29 Å². The van der Waals surface area contributed by atoms with E-state index in [4.69, 9.17) is 0 Å². The first-order chi connectivity index (χ1) is 18.7. The van der Waals surface area contributed by atoms with Crippen LogP contribution in [0.4, 0.5) is 23.7 Å². The fourth-order valence-corrected chi connectivity index (χ4v) is 4.43. The molecule has 0 aliphatic heterocycles. The Labute approximate surface area is 225 Å². The predicted molar refractivity (Wildman–Crippen MR) is 146 cm³/mol. The Bertz CT molecular complexity index is 1680. The first kappa shape index (κ1) is 26.0. The number of para-hydroxylation sites is 1. The minimum absolute atomic E-state index is 0.296. The van der Waals surface area contributed by atoms with E-state index < -0.39 is 6.36 Å². The van der Waals surface area contributed by atoms with Crippen LogP contribution in [-0.4, -0.2) is 33.1 Å². The summed E-state index contributed by atoms with van der Waals surface area (Å²) < 4.78 is 49.8. The molecule has 0 saturated carbocycles. The third kappa shape index (κ3) is 5.96. The van der Waals surface area contributed by atoms with Crippen molar-refractivity contribution in [2.45, 2.75) is 20.2 Å². The van der Waals surface area contributed by atoms with Gasteiger partial charge < -0.3 is 10.1 Å². The second-order valence-electron chi connectivity index (χ2n) is 8.54. The average molecular weight is 551 g/mol. The lowest BCUT2D eigenvalue weighted by molar-refractivity contribution is -0.274. The highest BCUT2D eigenvalue weighted by Crippen LogP contribution is 2.28. The second-order valence-corrected chi connectivity index (χ2v) is 9.14. The maximum absolute atomic E-state index is 12.4. The molecule has 0 radical (unpaired) electrons. The molecule has 0 spiro atoms. The summed E-state index contributed by atoms with van der Waals surface area (Å²) in [5, 5.41) is 3.63. The summed E-state index contributed by atoms with van der Waals surface area (Å²) in [6.07, 6.45) is -1.61. The molecule has 0 saturated heterocycles. The SMILES string of the molecule is Cc1cccc(C)c1NC(=O)NSN=Cc1ccc2c(ccc3c2ncn3-c2ccc(OC(F)(F)F)cc2)n1. The molecular formula is C27H21F3N6O2S. The van der Waals surface area contributed by atoms with Crippen molar-refractivity contribution >= 4 is 52.0 Å². The largest absolute Gasteiger partial charge is 0.573 e. The molecule has 0 aliphatic carbocycles. The van der Waals surface area contributed by atoms with Gasteiger partial charge >= 0.3 is 12.4 Å². The lowest BCUT2D eigenvalue weighted by Gasteiger charge is -2.10. The summed E-state index contributed by atoms with van der Waals surface area (Å²) >= 11 is 0.880. The van der Waals surface area contributed by atoms with Crippen LogP contribution in [0, 0.1) is 13.8 Å². The van der Waals surface area contributed by atoms with Gasteiger partial charge in [-0.05, 0) is 73.5 Å². The molecule has 39 heavy (non-hydrogen) atoms. The molecule has 0 bridgehead atoms. The van der Waals surface area contributed by atoms with E-state index in [1.807, 2.05) is 50.2 Å². The number of nitrogens with one attached hydrogen (secondary N) is 2. The number of fused-ring (bicyclic) bond motifs is 3. The minimum Gasteiger partial charge on any atom is -0.406 e. The Morgan fingerprint density at radius 3 is 2.49 bits per heavy atom. The van der Waals surface area contributed by atoms with Gasteiger partial charge in [0.2, 0.25) is 0 Å². The smallest absolute Gasteiger partial charge is 0.406 e. The van der Waals surface area contributed by atoms with E-state index in [0.29, 0.717) is 22.4 Å². The number of halogens is 3. The monoisotopic (exact) mass is 550 g/mol. The van der Waals surface area contributed by atoms with Crippen LogP contribution in [0.2, 0.25) is 0 Å². The summed E-state index contributed by atoms with van der Waals surface area (Å²) in [7, 11) is 0. The third-order valence-electron chi connectivity index (χ3n) is 5.85. The van der Waals surface area contributed by atoms with Crippen LogP contribution in [-0.2, 0) is 0 Å². The van der Waals surface area contributed by atoms with Gasteiger partial charge in [0.25, 0.3) is 0 Å². The highest BCUT2D eigenvalue weighted by Gasteiger charge is 2.31. The number of hydrogen-bond acceptors (Lipinski definition) is 6. The topological polar surface area (TPSA) is 93.4 Å². The van der Waals surface area contributed by atoms with E-state index in [1.165, 1.54) is 30.5 Å². The van der Waals surface area contributed by atoms with Gasteiger partial charge in [0.1, 0.15) is 12.1 Å². The van der Waals surface area contributed by atoms with Crippen molar-refractivity contribution in [3.8, 4) is 11.4 Å². The van der Waals surface area contributed by atoms with Crippen LogP contribution in [0.3, 0.4) is 0 Å². The molecule has 3 aromatic carbocycles. The molecule has 5 aromatic rings. The molecule has 12 heteroatoms. The molecular weight excluding hydrogens is 529 g/mol. The van der Waals surface area contributed by atoms with Gasteiger partial charge in [-0.1, -0.05) is 18.2 Å². The molecule has 198 valence electrons. The summed E-state index contributed by atoms with van der Waals surface area (Å²) in [5.41, 5.74) is 6.06. The van der Waals surface area contributed by atoms with Crippen LogP contribution in [0.1, 0.15) is 16.8 Å². The number of rotatable bonds is 6. The number of alkyl halides is 3. The third-order valence-corrected chi connectivity index (χ3v) is 6.34. The number of imidazole rings is 1. The van der Waals surface area contributed by atoms with Crippen molar-refractivity contribution in [3.63, 3.8) is 0 Å². The highest BCUT2D eigenvalue weighted by molar-refractivity contribution is 7.96. The van der Waals surface area contributed by atoms with E-state index in [1.54, 1.807) is 17.0 Å². The summed E-state index contributed by atoms with van der Waals surface area (Å²) in [5.74, 6) is -0.296. The van der Waals surface area contributed by atoms with E-state index in [9.17, 15) is 18.0 Å². The van der Waals surface area contributed by atoms with E-state index in [2.05, 4.69) is 29.1 Å². The Hall–Kier alpha value is -4.58. The minimum atomic E-state index is -4.75. The number of aromatic nitrogens is 3. The van der Waals surface area contributed by atoms with Crippen LogP contribution in [0.5, 0.6) is 5.75 Å². The molecule has 2 heterocycles. The van der Waals surface area contributed by atoms with Crippen molar-refractivity contribution in [2.75, 3.05) is 5.32 Å². The standard InChI is InChI=1S/C27H21F3N6O2S/c1-16-4-3-5-17(2)24(16)34-26(37)35-39-32-14-18-6-11-21-22(33-18)12-13-23-25(21)31-15-36(23)19-7-9-20(10-8-19)38-27(28,29)30/h3-15H,1-2H3,(H2,34,35,37). The zero-order valence-corrected chi connectivity index (χ0v) is 21.5. The molecule has 0 unspecified atom stereocenters. The number of aryl methyl sites for hydroxylation is 2. The molecule has 8 nitrogen and oxygen atoms in total. The molecule has 2 amide bonds. The van der Waals surface area contributed by atoms with Crippen molar-refractivity contribution in [3.05, 3.63) is 89.9 Å². The van der Waals surface area contributed by atoms with E-state index in [-0.39, 0.29) is 11.8 Å². The lowest BCUT2D eigenvalue weighted by atomic mass is 10.1. The maximum atomic E-state index is 12.4. The van der Waals surface area contributed by atoms with Crippen molar-refractivity contribution in [2.24, 2.45) is 4.40 Å². The highest BCUT2D eigenvalue weighted by atomic mass is 32.2. The number of urea groups is 1. The number of carbonyl (C=O) groups is 1. The zero-order valence-electron chi connectivity index (χ0n) is 20.7. The molecule has 2 N–H and O–H groups in total. The van der Waals surface area contributed by atoms with Crippen molar-refractivity contribution in [1.82, 2.24) is 19.3 Å². The fraction of sp³-hybridized carbons (Fsp3) is 0.111. The van der Waals surface area contributed by atoms with Gasteiger partial charge in [-0.25, -0.2) is 19.2 Å². The van der Waals surface area contributed by atoms with Gasteiger partial charge in [0.15, 0.2) is 0 Å². The number of hydrogen-bond donors (Lipinski definition) is 2. The number of amides is 2. The number of pyridine rings is 1. The zero-order chi connectivity index (χ0) is 27.6. The number of benzene rings is 3. The van der Waals surface area contributed by atoms with Crippen LogP contribution >= 0.6 is 12.1 Å². The summed E-state index contributed by atoms with van der Waals surface area (Å²) in [6, 6.07) is 18.3. The maximum Gasteiger partial charge on any atom is 0.573 e. The molecule has 0 fully saturated rings. The predicted octanol–water partition coefficient (Wildman–Crippen LogP) is 6.89. The summed E-state index contributed by atoms with van der Waals surface area (Å²) in [4.78, 5) is 21.3.